The number of benzene rings is 1. The fourth-order valence-corrected chi connectivity index (χ4v) is 2.01. The molecule has 0 aliphatic rings. The van der Waals surface area contributed by atoms with Crippen molar-refractivity contribution < 1.29 is 19.5 Å². The molecule has 0 aliphatic carbocycles. The number of hydrogen-bond donors (Lipinski definition) is 1. The first kappa shape index (κ1) is 9.04. The number of thiazole rings is 1. The van der Waals surface area contributed by atoms with E-state index in [1.165, 1.54) is 4.70 Å². The van der Waals surface area contributed by atoms with Crippen LogP contribution in [0.4, 0.5) is 0 Å². The molecule has 0 saturated carbocycles. The Hall–Kier alpha value is -0.0466. The molecule has 52 valence electrons. The Bertz CT molecular complexity index is 368. The fraction of sp³-hybridized carbons (Fsp3) is 0. The molecule has 0 unspecified atom stereocenters. The van der Waals surface area contributed by atoms with E-state index >= 15 is 0 Å². The van der Waals surface area contributed by atoms with Gasteiger partial charge in [0.05, 0.1) is 10.2 Å². The van der Waals surface area contributed by atoms with Crippen molar-refractivity contribution in [3.8, 4) is 0 Å². The van der Waals surface area contributed by atoms with Crippen LogP contribution in [-0.2, 0) is 19.5 Å². The molecule has 2 rings (SSSR count). The molecule has 2 aromatic rings. The molecule has 1 heterocycles. The molecule has 0 bridgehead atoms. The number of hydrogen-bond acceptors (Lipinski definition) is 2. The van der Waals surface area contributed by atoms with Crippen LogP contribution in [0.2, 0.25) is 0 Å². The van der Waals surface area contributed by atoms with Crippen LogP contribution < -0.4 is 0 Å². The molecular formula is C7H5NS2Zn. The topological polar surface area (TPSA) is 15.8 Å². The number of aromatic amines is 1. The second-order valence-electron chi connectivity index (χ2n) is 2.01. The van der Waals surface area contributed by atoms with Crippen molar-refractivity contribution in [1.29, 1.82) is 0 Å². The van der Waals surface area contributed by atoms with Gasteiger partial charge in [-0.1, -0.05) is 12.1 Å². The van der Waals surface area contributed by atoms with E-state index in [9.17, 15) is 0 Å². The monoisotopic (exact) mass is 231 g/mol. The molecule has 0 amide bonds. The standard InChI is InChI=1S/C7H5NS2.Zn/c9-7-8-5-3-1-2-4-6(5)10-7;/h1-4H,(H,8,9);. The zero-order valence-electron chi connectivity index (χ0n) is 5.83. The van der Waals surface area contributed by atoms with Gasteiger partial charge in [-0.25, -0.2) is 0 Å². The number of para-hydroxylation sites is 1. The molecule has 1 N–H and O–H groups in total. The van der Waals surface area contributed by atoms with Gasteiger partial charge < -0.3 is 4.98 Å². The van der Waals surface area contributed by atoms with Crippen molar-refractivity contribution in [3.05, 3.63) is 28.2 Å². The van der Waals surface area contributed by atoms with Crippen LogP contribution in [0.5, 0.6) is 0 Å². The summed E-state index contributed by atoms with van der Waals surface area (Å²) in [6.07, 6.45) is 0. The third-order valence-electron chi connectivity index (χ3n) is 1.33. The van der Waals surface area contributed by atoms with Crippen molar-refractivity contribution in [1.82, 2.24) is 4.98 Å². The predicted octanol–water partition coefficient (Wildman–Crippen LogP) is 2.96. The Morgan fingerprint density at radius 2 is 2.00 bits per heavy atom. The molecule has 0 spiro atoms. The largest absolute Gasteiger partial charge is 0.337 e. The van der Waals surface area contributed by atoms with Gasteiger partial charge >= 0.3 is 0 Å². The summed E-state index contributed by atoms with van der Waals surface area (Å²) in [7, 11) is 0. The summed E-state index contributed by atoms with van der Waals surface area (Å²) in [6.45, 7) is 0. The van der Waals surface area contributed by atoms with E-state index in [1.807, 2.05) is 18.2 Å². The maximum atomic E-state index is 4.98. The number of aromatic nitrogens is 1. The number of fused-ring (bicyclic) bond motifs is 1. The molecule has 1 nitrogen and oxygen atoms in total. The average Bonchev–Trinajstić information content (AvgIpc) is 2.27. The van der Waals surface area contributed by atoms with Crippen molar-refractivity contribution >= 4 is 33.8 Å². The first-order valence-electron chi connectivity index (χ1n) is 2.94. The van der Waals surface area contributed by atoms with Crippen molar-refractivity contribution in [2.75, 3.05) is 0 Å². The van der Waals surface area contributed by atoms with Gasteiger partial charge in [-0.15, -0.1) is 11.3 Å². The van der Waals surface area contributed by atoms with Crippen LogP contribution in [-0.4, -0.2) is 4.98 Å². The Morgan fingerprint density at radius 1 is 1.27 bits per heavy atom. The summed E-state index contributed by atoms with van der Waals surface area (Å²) >= 11 is 6.59. The molecule has 0 aliphatic heterocycles. The van der Waals surface area contributed by atoms with E-state index in [0.29, 0.717) is 0 Å². The number of rotatable bonds is 0. The molecule has 0 fully saturated rings. The molecule has 1 aromatic carbocycles. The van der Waals surface area contributed by atoms with E-state index < -0.39 is 0 Å². The van der Waals surface area contributed by atoms with Crippen LogP contribution in [0, 0.1) is 3.95 Å². The van der Waals surface area contributed by atoms with Gasteiger partial charge in [-0.2, -0.15) is 0 Å². The third-order valence-corrected chi connectivity index (χ3v) is 2.54. The molecule has 11 heavy (non-hydrogen) atoms. The minimum Gasteiger partial charge on any atom is -0.337 e. The second kappa shape index (κ2) is 3.57. The SMILES string of the molecule is S=c1[nH]c2ccccc2s1.[Zn]. The predicted molar refractivity (Wildman–Crippen MR) is 47.0 cm³/mol. The molecule has 0 saturated heterocycles. The Morgan fingerprint density at radius 3 is 2.73 bits per heavy atom. The van der Waals surface area contributed by atoms with E-state index in [4.69, 9.17) is 12.2 Å². The first-order chi connectivity index (χ1) is 4.86. The Balaban J connectivity index is 0.000000605. The van der Waals surface area contributed by atoms with Gasteiger partial charge in [0, 0.05) is 19.5 Å². The molecule has 0 atom stereocenters. The van der Waals surface area contributed by atoms with Gasteiger partial charge in [-0.3, -0.25) is 0 Å². The zero-order valence-corrected chi connectivity index (χ0v) is 10.4. The van der Waals surface area contributed by atoms with Gasteiger partial charge in [0.1, 0.15) is 0 Å². The summed E-state index contributed by atoms with van der Waals surface area (Å²) in [5, 5.41) is 0. The van der Waals surface area contributed by atoms with E-state index in [-0.39, 0.29) is 19.5 Å². The minimum atomic E-state index is 0. The maximum Gasteiger partial charge on any atom is 0.159 e. The van der Waals surface area contributed by atoms with E-state index in [0.717, 1.165) is 9.47 Å². The number of H-pyrrole nitrogens is 1. The van der Waals surface area contributed by atoms with Crippen LogP contribution in [0.15, 0.2) is 24.3 Å². The van der Waals surface area contributed by atoms with Crippen LogP contribution in [0.25, 0.3) is 10.2 Å². The van der Waals surface area contributed by atoms with Gasteiger partial charge in [0.25, 0.3) is 0 Å². The van der Waals surface area contributed by atoms with Crippen molar-refractivity contribution in [2.24, 2.45) is 0 Å². The summed E-state index contributed by atoms with van der Waals surface area (Å²) in [4.78, 5) is 3.09. The molecule has 0 radical (unpaired) electrons. The molecular weight excluding hydrogens is 228 g/mol. The van der Waals surface area contributed by atoms with Gasteiger partial charge in [-0.05, 0) is 24.4 Å². The molecule has 4 heteroatoms. The summed E-state index contributed by atoms with van der Waals surface area (Å²) in [6, 6.07) is 8.11. The Labute approximate surface area is 86.2 Å². The Kier molecular flexibility index (Phi) is 2.93. The summed E-state index contributed by atoms with van der Waals surface area (Å²) < 4.78 is 2.08. The third kappa shape index (κ3) is 1.75. The molecule has 1 aromatic heterocycles. The summed E-state index contributed by atoms with van der Waals surface area (Å²) in [5.41, 5.74) is 1.14. The number of nitrogens with one attached hydrogen (secondary N) is 1. The second-order valence-corrected chi connectivity index (χ2v) is 3.73. The van der Waals surface area contributed by atoms with Crippen LogP contribution >= 0.6 is 23.6 Å². The summed E-state index contributed by atoms with van der Waals surface area (Å²) in [5.74, 6) is 0. The normalized spacial score (nSPS) is 9.45. The van der Waals surface area contributed by atoms with Gasteiger partial charge in [0.2, 0.25) is 0 Å². The first-order valence-corrected chi connectivity index (χ1v) is 4.16. The van der Waals surface area contributed by atoms with Crippen molar-refractivity contribution in [3.63, 3.8) is 0 Å². The van der Waals surface area contributed by atoms with E-state index in [2.05, 4.69) is 11.1 Å². The van der Waals surface area contributed by atoms with Crippen LogP contribution in [0.3, 0.4) is 0 Å². The van der Waals surface area contributed by atoms with E-state index in [1.54, 1.807) is 11.3 Å². The quantitative estimate of drug-likeness (QED) is 0.546. The van der Waals surface area contributed by atoms with Gasteiger partial charge in [0.15, 0.2) is 3.95 Å². The van der Waals surface area contributed by atoms with Crippen molar-refractivity contribution in [2.45, 2.75) is 0 Å². The smallest absolute Gasteiger partial charge is 0.159 e. The maximum absolute atomic E-state index is 4.98. The fourth-order valence-electron chi connectivity index (χ4n) is 0.894. The average molecular weight is 233 g/mol. The van der Waals surface area contributed by atoms with Crippen LogP contribution in [0.1, 0.15) is 0 Å². The minimum absolute atomic E-state index is 0. The zero-order chi connectivity index (χ0) is 6.97.